The lowest BCUT2D eigenvalue weighted by atomic mass is 9.96. The first-order valence-corrected chi connectivity index (χ1v) is 33.9. The molecule has 0 aromatic carbocycles. The van der Waals surface area contributed by atoms with Crippen LogP contribution in [0, 0.1) is 5.41 Å². The Morgan fingerprint density at radius 1 is 0.324 bits per heavy atom. The molecule has 3 unspecified atom stereocenters. The smallest absolute Gasteiger partial charge is 0.333 e. The number of rotatable bonds is 50. The van der Waals surface area contributed by atoms with Crippen molar-refractivity contribution in [3.8, 4) is 0 Å². The molecule has 582 valence electrons. The molecule has 0 saturated heterocycles. The number of Topliss-reactive ketones (excluding diaryl/α,β-unsaturated/α-hetero) is 1. The van der Waals surface area contributed by atoms with Gasteiger partial charge in [-0.15, -0.1) is 0 Å². The lowest BCUT2D eigenvalue weighted by Crippen LogP contribution is -2.27. The highest BCUT2D eigenvalue weighted by Gasteiger charge is 2.22. The lowest BCUT2D eigenvalue weighted by molar-refractivity contribution is -0.303. The zero-order valence-corrected chi connectivity index (χ0v) is 65.0. The van der Waals surface area contributed by atoms with Crippen molar-refractivity contribution in [3.05, 3.63) is 146 Å². The van der Waals surface area contributed by atoms with Gasteiger partial charge in [0.1, 0.15) is 38.6 Å². The Morgan fingerprint density at radius 2 is 0.618 bits per heavy atom. The van der Waals surface area contributed by atoms with Crippen molar-refractivity contribution in [2.45, 2.75) is 219 Å². The predicted molar refractivity (Wildman–Crippen MR) is 399 cm³/mol. The quantitative estimate of drug-likeness (QED) is 0.0113. The molecule has 0 rings (SSSR count). The van der Waals surface area contributed by atoms with Gasteiger partial charge in [0.15, 0.2) is 5.78 Å². The topological polar surface area (TPSA) is 294 Å². The molecule has 0 spiro atoms. The molecular weight excluding hydrogens is 1320 g/mol. The minimum atomic E-state index is -0.923. The van der Waals surface area contributed by atoms with Gasteiger partial charge in [-0.25, -0.2) is 57.9 Å². The van der Waals surface area contributed by atoms with E-state index in [4.69, 9.17) is 57.3 Å². The van der Waals surface area contributed by atoms with E-state index in [1.807, 2.05) is 41.5 Å². The van der Waals surface area contributed by atoms with E-state index < -0.39 is 18.0 Å². The third-order valence-corrected chi connectivity index (χ3v) is 11.9. The van der Waals surface area contributed by atoms with Crippen molar-refractivity contribution in [2.75, 3.05) is 79.3 Å². The van der Waals surface area contributed by atoms with Gasteiger partial charge in [-0.2, -0.15) is 0 Å². The van der Waals surface area contributed by atoms with Crippen molar-refractivity contribution >= 4 is 53.5 Å². The van der Waals surface area contributed by atoms with Crippen LogP contribution in [0.1, 0.15) is 201 Å². The zero-order valence-electron chi connectivity index (χ0n) is 65.0. The second-order valence-electron chi connectivity index (χ2n) is 25.6. The van der Waals surface area contributed by atoms with Crippen LogP contribution in [0.2, 0.25) is 0 Å². The summed E-state index contributed by atoms with van der Waals surface area (Å²) in [6, 6.07) is 0. The summed E-state index contributed by atoms with van der Waals surface area (Å²) in [5.74, 6) is -2.97. The number of aliphatic hydroxyl groups is 1. The monoisotopic (exact) mass is 1440 g/mol. The predicted octanol–water partition coefficient (Wildman–Crippen LogP) is 15.3. The number of carbonyl (C=O) groups is 9. The lowest BCUT2D eigenvalue weighted by Gasteiger charge is -2.23. The summed E-state index contributed by atoms with van der Waals surface area (Å²) >= 11 is 0. The third-order valence-electron chi connectivity index (χ3n) is 11.9. The molecule has 0 amide bonds. The van der Waals surface area contributed by atoms with Crippen molar-refractivity contribution in [1.82, 2.24) is 0 Å². The summed E-state index contributed by atoms with van der Waals surface area (Å²) in [4.78, 5) is 119. The number of hydrogen-bond donors (Lipinski definition) is 1. The molecule has 102 heavy (non-hydrogen) atoms. The van der Waals surface area contributed by atoms with E-state index in [2.05, 4.69) is 83.8 Å². The molecule has 0 fully saturated rings. The summed E-state index contributed by atoms with van der Waals surface area (Å²) in [6.07, 6.45) is 11.4. The van der Waals surface area contributed by atoms with Crippen LogP contribution in [0.4, 0.5) is 0 Å². The van der Waals surface area contributed by atoms with Gasteiger partial charge in [-0.05, 0) is 147 Å². The van der Waals surface area contributed by atoms with Gasteiger partial charge in [0, 0.05) is 62.8 Å². The van der Waals surface area contributed by atoms with Crippen LogP contribution in [-0.2, 0) is 105 Å². The maximum Gasteiger partial charge on any atom is 0.333 e. The number of esters is 8. The maximum atomic E-state index is 11.2. The number of unbranched alkanes of at least 4 members (excludes halogenated alkanes) is 9. The summed E-state index contributed by atoms with van der Waals surface area (Å²) in [5.41, 5.74) is 6.10. The van der Waals surface area contributed by atoms with Crippen LogP contribution in [0.15, 0.2) is 146 Å². The largest absolute Gasteiger partial charge is 0.462 e. The zero-order chi connectivity index (χ0) is 79.9. The second-order valence-corrected chi connectivity index (χ2v) is 25.6. The summed E-state index contributed by atoms with van der Waals surface area (Å²) in [5, 5.41) is 9.31. The van der Waals surface area contributed by atoms with E-state index in [-0.39, 0.29) is 97.8 Å². The molecule has 23 nitrogen and oxygen atoms in total. The molecule has 0 radical (unpaired) electrons. The Hall–Kier alpha value is -7.93. The molecular formula is C79H128O23. The minimum Gasteiger partial charge on any atom is -0.462 e. The number of aliphatic hydroxyl groups excluding tert-OH is 1. The van der Waals surface area contributed by atoms with Gasteiger partial charge >= 0.3 is 47.8 Å². The van der Waals surface area contributed by atoms with E-state index in [1.54, 1.807) is 62.3 Å². The molecule has 23 heteroatoms. The fourth-order valence-corrected chi connectivity index (χ4v) is 6.06. The van der Waals surface area contributed by atoms with E-state index in [9.17, 15) is 48.3 Å². The van der Waals surface area contributed by atoms with Crippen LogP contribution in [0.5, 0.6) is 0 Å². The van der Waals surface area contributed by atoms with E-state index in [0.29, 0.717) is 110 Å². The average molecular weight is 1450 g/mol. The molecule has 0 aliphatic heterocycles. The van der Waals surface area contributed by atoms with E-state index in [1.165, 1.54) is 6.92 Å². The van der Waals surface area contributed by atoms with Crippen LogP contribution >= 0.6 is 0 Å². The van der Waals surface area contributed by atoms with Crippen LogP contribution in [0.25, 0.3) is 0 Å². The van der Waals surface area contributed by atoms with Crippen LogP contribution < -0.4 is 0 Å². The number of ketones is 1. The van der Waals surface area contributed by atoms with Gasteiger partial charge in [0.25, 0.3) is 0 Å². The number of carbonyl (C=O) groups excluding carboxylic acids is 9. The first kappa shape index (κ1) is 105. The SMILES string of the molecule is C=C(C)C(=O)CCCOC(=O)C(=C)C.C=C(C)C(=O)OCCCCCCCCCOC(=O)C(=C)C.C=C(C)C(=O)OCCCCCCOC(=O)C(=C)C.C=C(C)COC(C)CC(C)OC(=O)C(=C)C.C=C(C)COOCC(C)(C)COC(=O)C(=C)C.C=C(C)COOCC(O)COC(=O)C(=C)C. The van der Waals surface area contributed by atoms with Crippen LogP contribution in [0.3, 0.4) is 0 Å². The Bertz CT molecular complexity index is 2590. The average Bonchev–Trinajstić information content (AvgIpc) is 0.942. The molecule has 0 aliphatic rings. The molecule has 1 N–H and O–H groups in total. The first-order valence-electron chi connectivity index (χ1n) is 33.9. The molecule has 0 aliphatic carbocycles. The fourth-order valence-electron chi connectivity index (χ4n) is 6.06. The standard InChI is InChI=1S/C17H28O4.C14H22O4.C13H22O4.C13H22O3.C11H18O5.C11H16O3/c1-14(2)16(18)20-12-10-8-6-5-7-9-11-13-21-17(19)15(3)4;1-11(2)13(15)17-9-7-5-6-8-10-18-14(16)12(3)4;1-10(2)7-16-17-9-13(5,6)8-15-12(14)11(3)4;1-9(2)8-15-11(5)7-12(6)16-13(14)10(3)4;1-8(2)5-15-16-7-10(12)6-14-11(13)9(3)4;1-8(2)10(12)6-5-7-14-11(13)9(3)4/h1,3,5-13H2,2,4H3;1,3,5-10H2,2,4H3;1,3,7-9H2,2,4-6H3;11-12H,1,3,7-8H2,2,4-6H3;10,12H,1,3,5-7H2,2,4H3;1,3,5-7H2,2,4H3. The Balaban J connectivity index is -0.000000272. The van der Waals surface area contributed by atoms with Crippen molar-refractivity contribution in [3.63, 3.8) is 0 Å². The maximum absolute atomic E-state index is 11.2. The molecule has 0 bridgehead atoms. The van der Waals surface area contributed by atoms with E-state index >= 15 is 0 Å². The minimum absolute atomic E-state index is 0.0105. The Morgan fingerprint density at radius 3 is 0.931 bits per heavy atom. The Kier molecular flexibility index (Phi) is 68.3. The van der Waals surface area contributed by atoms with Gasteiger partial charge in [-0.1, -0.05) is 142 Å². The Labute approximate surface area is 611 Å². The summed E-state index contributed by atoms with van der Waals surface area (Å²) in [7, 11) is 0. The fraction of sp³-hybridized carbons (Fsp3) is 0.582. The van der Waals surface area contributed by atoms with Crippen molar-refractivity contribution in [2.24, 2.45) is 5.41 Å². The normalized spacial score (nSPS) is 11.0. The number of hydrogen-bond acceptors (Lipinski definition) is 23. The van der Waals surface area contributed by atoms with Gasteiger partial charge in [0.2, 0.25) is 0 Å². The molecule has 3 atom stereocenters. The first-order chi connectivity index (χ1) is 47.3. The highest BCUT2D eigenvalue weighted by molar-refractivity contribution is 5.94. The summed E-state index contributed by atoms with van der Waals surface area (Å²) in [6.45, 7) is 73.8. The number of ether oxygens (including phenoxy) is 9. The van der Waals surface area contributed by atoms with Crippen LogP contribution in [-0.4, -0.2) is 156 Å². The van der Waals surface area contributed by atoms with E-state index in [0.717, 1.165) is 87.3 Å². The van der Waals surface area contributed by atoms with Gasteiger partial charge in [-0.3, -0.25) is 4.79 Å². The molecule has 0 aromatic rings. The molecule has 0 heterocycles. The van der Waals surface area contributed by atoms with Crippen molar-refractivity contribution in [1.29, 1.82) is 0 Å². The highest BCUT2D eigenvalue weighted by atomic mass is 17.2. The third kappa shape index (κ3) is 77.8. The second kappa shape index (κ2) is 66.3. The van der Waals surface area contributed by atoms with Crippen molar-refractivity contribution < 1.29 is 110 Å². The molecule has 0 saturated carbocycles. The molecule has 0 aromatic heterocycles. The number of allylic oxidation sites excluding steroid dienone is 1. The van der Waals surface area contributed by atoms with Gasteiger partial charge < -0.3 is 47.7 Å². The highest BCUT2D eigenvalue weighted by Crippen LogP contribution is 2.17. The summed E-state index contributed by atoms with van der Waals surface area (Å²) < 4.78 is 45.1. The van der Waals surface area contributed by atoms with Gasteiger partial charge in [0.05, 0.1) is 59.0 Å².